The van der Waals surface area contributed by atoms with E-state index in [4.69, 9.17) is 0 Å². The Labute approximate surface area is 131 Å². The van der Waals surface area contributed by atoms with Crippen LogP contribution in [-0.2, 0) is 6.42 Å². The maximum Gasteiger partial charge on any atom is 0.185 e. The molecule has 0 aliphatic carbocycles. The van der Waals surface area contributed by atoms with Crippen molar-refractivity contribution in [2.45, 2.75) is 38.7 Å². The van der Waals surface area contributed by atoms with Crippen LogP contribution in [0.4, 0.5) is 5.13 Å². The van der Waals surface area contributed by atoms with Crippen LogP contribution in [0.1, 0.15) is 43.5 Å². The highest BCUT2D eigenvalue weighted by atomic mass is 32.1. The molecule has 2 aromatic rings. The standard InChI is InChI=1S/C17H24N2OS/c1-3-4-8-11-19(2)17-18-15(13-21-17)12-16(20)14-9-6-5-7-10-14/h5-7,9-10,13,16,20H,3-4,8,11-12H2,1-2H3. The van der Waals surface area contributed by atoms with Crippen molar-refractivity contribution in [1.82, 2.24) is 4.98 Å². The van der Waals surface area contributed by atoms with E-state index >= 15 is 0 Å². The predicted molar refractivity (Wildman–Crippen MR) is 90.0 cm³/mol. The Balaban J connectivity index is 1.90. The Hall–Kier alpha value is -1.39. The van der Waals surface area contributed by atoms with Crippen molar-refractivity contribution in [1.29, 1.82) is 0 Å². The van der Waals surface area contributed by atoms with Gasteiger partial charge in [0.2, 0.25) is 0 Å². The third-order valence-electron chi connectivity index (χ3n) is 3.55. The molecule has 1 unspecified atom stereocenters. The van der Waals surface area contributed by atoms with Gasteiger partial charge in [-0.2, -0.15) is 0 Å². The Morgan fingerprint density at radius 2 is 2.00 bits per heavy atom. The van der Waals surface area contributed by atoms with Crippen LogP contribution in [0.3, 0.4) is 0 Å². The van der Waals surface area contributed by atoms with Crippen LogP contribution in [0.2, 0.25) is 0 Å². The average molecular weight is 304 g/mol. The van der Waals surface area contributed by atoms with Crippen LogP contribution in [0.15, 0.2) is 35.7 Å². The fourth-order valence-electron chi connectivity index (χ4n) is 2.25. The Kier molecular flexibility index (Phi) is 6.21. The first-order valence-corrected chi connectivity index (χ1v) is 8.47. The highest BCUT2D eigenvalue weighted by molar-refractivity contribution is 7.13. The second-order valence-electron chi connectivity index (χ2n) is 5.38. The molecule has 0 aliphatic rings. The minimum absolute atomic E-state index is 0.480. The van der Waals surface area contributed by atoms with Crippen LogP contribution < -0.4 is 4.90 Å². The number of aliphatic hydroxyl groups is 1. The molecule has 114 valence electrons. The van der Waals surface area contributed by atoms with Crippen molar-refractivity contribution in [3.8, 4) is 0 Å². The molecule has 0 radical (unpaired) electrons. The molecule has 1 heterocycles. The zero-order valence-electron chi connectivity index (χ0n) is 12.8. The highest BCUT2D eigenvalue weighted by Gasteiger charge is 2.12. The molecule has 2 rings (SSSR count). The summed E-state index contributed by atoms with van der Waals surface area (Å²) in [5.41, 5.74) is 1.91. The number of hydrogen-bond donors (Lipinski definition) is 1. The van der Waals surface area contributed by atoms with Crippen LogP contribution in [-0.4, -0.2) is 23.7 Å². The predicted octanol–water partition coefficient (Wildman–Crippen LogP) is 4.05. The molecule has 0 spiro atoms. The normalized spacial score (nSPS) is 12.3. The maximum absolute atomic E-state index is 10.2. The number of anilines is 1. The van der Waals surface area contributed by atoms with E-state index in [-0.39, 0.29) is 0 Å². The summed E-state index contributed by atoms with van der Waals surface area (Å²) in [6.07, 6.45) is 3.79. The van der Waals surface area contributed by atoms with Gasteiger partial charge in [-0.15, -0.1) is 11.3 Å². The molecule has 3 nitrogen and oxygen atoms in total. The van der Waals surface area contributed by atoms with E-state index in [0.717, 1.165) is 22.9 Å². The van der Waals surface area contributed by atoms with Gasteiger partial charge in [-0.3, -0.25) is 0 Å². The number of rotatable bonds is 8. The summed E-state index contributed by atoms with van der Waals surface area (Å²) in [4.78, 5) is 6.85. The first kappa shape index (κ1) is 16.0. The smallest absolute Gasteiger partial charge is 0.185 e. The number of unbranched alkanes of at least 4 members (excludes halogenated alkanes) is 2. The summed E-state index contributed by atoms with van der Waals surface area (Å²) in [5.74, 6) is 0. The molecular formula is C17H24N2OS. The molecule has 4 heteroatoms. The second kappa shape index (κ2) is 8.15. The number of thiazole rings is 1. The average Bonchev–Trinajstić information content (AvgIpc) is 2.97. The van der Waals surface area contributed by atoms with E-state index < -0.39 is 6.10 Å². The molecule has 1 aromatic heterocycles. The zero-order valence-corrected chi connectivity index (χ0v) is 13.6. The Morgan fingerprint density at radius 3 is 2.71 bits per heavy atom. The molecular weight excluding hydrogens is 280 g/mol. The fourth-order valence-corrected chi connectivity index (χ4v) is 3.08. The van der Waals surface area contributed by atoms with Crippen molar-refractivity contribution in [2.75, 3.05) is 18.5 Å². The number of aliphatic hydroxyl groups excluding tert-OH is 1. The lowest BCUT2D eigenvalue weighted by molar-refractivity contribution is 0.177. The van der Waals surface area contributed by atoms with Gasteiger partial charge < -0.3 is 10.0 Å². The molecule has 0 saturated carbocycles. The molecule has 0 fully saturated rings. The van der Waals surface area contributed by atoms with Gasteiger partial charge in [0.1, 0.15) is 0 Å². The summed E-state index contributed by atoms with van der Waals surface area (Å²) < 4.78 is 0. The third-order valence-corrected chi connectivity index (χ3v) is 4.55. The van der Waals surface area contributed by atoms with Crippen molar-refractivity contribution >= 4 is 16.5 Å². The second-order valence-corrected chi connectivity index (χ2v) is 6.22. The summed E-state index contributed by atoms with van der Waals surface area (Å²) in [6.45, 7) is 3.26. The van der Waals surface area contributed by atoms with Crippen LogP contribution in [0, 0.1) is 0 Å². The van der Waals surface area contributed by atoms with Crippen molar-refractivity contribution in [3.05, 3.63) is 47.0 Å². The monoisotopic (exact) mass is 304 g/mol. The largest absolute Gasteiger partial charge is 0.388 e. The molecule has 21 heavy (non-hydrogen) atoms. The third kappa shape index (κ3) is 4.83. The van der Waals surface area contributed by atoms with Crippen LogP contribution in [0.25, 0.3) is 0 Å². The molecule has 0 amide bonds. The van der Waals surface area contributed by atoms with Crippen LogP contribution in [0.5, 0.6) is 0 Å². The van der Waals surface area contributed by atoms with Gasteiger partial charge in [0.25, 0.3) is 0 Å². The lowest BCUT2D eigenvalue weighted by atomic mass is 10.1. The van der Waals surface area contributed by atoms with Crippen molar-refractivity contribution in [2.24, 2.45) is 0 Å². The number of benzene rings is 1. The van der Waals surface area contributed by atoms with Gasteiger partial charge in [-0.1, -0.05) is 50.1 Å². The van der Waals surface area contributed by atoms with E-state index in [2.05, 4.69) is 29.2 Å². The molecule has 1 atom stereocenters. The molecule has 0 bridgehead atoms. The van der Waals surface area contributed by atoms with Gasteiger partial charge in [0, 0.05) is 25.4 Å². The first-order chi connectivity index (χ1) is 10.2. The fraction of sp³-hybridized carbons (Fsp3) is 0.471. The first-order valence-electron chi connectivity index (χ1n) is 7.59. The van der Waals surface area contributed by atoms with Crippen molar-refractivity contribution in [3.63, 3.8) is 0 Å². The minimum Gasteiger partial charge on any atom is -0.388 e. The highest BCUT2D eigenvalue weighted by Crippen LogP contribution is 2.24. The van der Waals surface area contributed by atoms with E-state index in [1.54, 1.807) is 11.3 Å². The van der Waals surface area contributed by atoms with Gasteiger partial charge in [-0.25, -0.2) is 4.98 Å². The van der Waals surface area contributed by atoms with E-state index in [0.29, 0.717) is 6.42 Å². The van der Waals surface area contributed by atoms with E-state index in [9.17, 15) is 5.11 Å². The van der Waals surface area contributed by atoms with Gasteiger partial charge >= 0.3 is 0 Å². The van der Waals surface area contributed by atoms with E-state index in [1.165, 1.54) is 19.3 Å². The summed E-state index contributed by atoms with van der Waals surface area (Å²) in [6, 6.07) is 9.77. The van der Waals surface area contributed by atoms with Gasteiger partial charge in [0.05, 0.1) is 11.8 Å². The van der Waals surface area contributed by atoms with Crippen LogP contribution >= 0.6 is 11.3 Å². The minimum atomic E-state index is -0.480. The topological polar surface area (TPSA) is 36.4 Å². The summed E-state index contributed by atoms with van der Waals surface area (Å²) in [5, 5.41) is 13.3. The Bertz CT molecular complexity index is 527. The molecule has 0 aliphatic heterocycles. The zero-order chi connectivity index (χ0) is 15.1. The number of nitrogens with zero attached hydrogens (tertiary/aromatic N) is 2. The van der Waals surface area contributed by atoms with Gasteiger partial charge in [0.15, 0.2) is 5.13 Å². The van der Waals surface area contributed by atoms with E-state index in [1.807, 2.05) is 30.3 Å². The SMILES string of the molecule is CCCCCN(C)c1nc(CC(O)c2ccccc2)cs1. The lowest BCUT2D eigenvalue weighted by Gasteiger charge is -2.15. The molecule has 0 saturated heterocycles. The van der Waals surface area contributed by atoms with Crippen molar-refractivity contribution < 1.29 is 5.11 Å². The quantitative estimate of drug-likeness (QED) is 0.748. The molecule has 1 N–H and O–H groups in total. The molecule has 1 aromatic carbocycles. The summed E-state index contributed by atoms with van der Waals surface area (Å²) in [7, 11) is 2.09. The number of hydrogen-bond acceptors (Lipinski definition) is 4. The summed E-state index contributed by atoms with van der Waals surface area (Å²) >= 11 is 1.66. The number of aromatic nitrogens is 1. The van der Waals surface area contributed by atoms with Gasteiger partial charge in [-0.05, 0) is 12.0 Å². The lowest BCUT2D eigenvalue weighted by Crippen LogP contribution is -2.18. The Morgan fingerprint density at radius 1 is 1.24 bits per heavy atom. The maximum atomic E-state index is 10.2.